The van der Waals surface area contributed by atoms with E-state index < -0.39 is 29.0 Å². The quantitative estimate of drug-likeness (QED) is 0.415. The number of esters is 1. The van der Waals surface area contributed by atoms with Crippen molar-refractivity contribution in [3.8, 4) is 0 Å². The van der Waals surface area contributed by atoms with Crippen LogP contribution < -0.4 is 4.90 Å². The Morgan fingerprint density at radius 2 is 1.90 bits per heavy atom. The van der Waals surface area contributed by atoms with E-state index in [4.69, 9.17) is 18.9 Å². The van der Waals surface area contributed by atoms with Gasteiger partial charge >= 0.3 is 5.97 Å². The first-order chi connectivity index (χ1) is 14.0. The molecule has 1 spiro atoms. The van der Waals surface area contributed by atoms with E-state index in [1.165, 1.54) is 14.2 Å². The molecule has 0 unspecified atom stereocenters. The molecule has 2 aliphatic carbocycles. The molecule has 0 saturated carbocycles. The summed E-state index contributed by atoms with van der Waals surface area (Å²) < 4.78 is 22.3. The van der Waals surface area contributed by atoms with Gasteiger partial charge in [-0.15, -0.1) is 0 Å². The Bertz CT molecular complexity index is 902. The maximum atomic E-state index is 13.8. The van der Waals surface area contributed by atoms with Gasteiger partial charge in [0.1, 0.15) is 12.1 Å². The van der Waals surface area contributed by atoms with Crippen LogP contribution in [0, 0.1) is 11.8 Å². The molecule has 4 rings (SSSR count). The van der Waals surface area contributed by atoms with Crippen molar-refractivity contribution in [3.05, 3.63) is 53.6 Å². The van der Waals surface area contributed by atoms with Crippen molar-refractivity contribution < 1.29 is 28.5 Å². The van der Waals surface area contributed by atoms with Gasteiger partial charge in [-0.1, -0.05) is 36.4 Å². The number of fused-ring (bicyclic) bond motifs is 5. The van der Waals surface area contributed by atoms with Crippen LogP contribution in [0.15, 0.2) is 48.1 Å². The molecule has 0 N–H and O–H groups in total. The van der Waals surface area contributed by atoms with Gasteiger partial charge in [-0.3, -0.25) is 9.69 Å². The summed E-state index contributed by atoms with van der Waals surface area (Å²) in [5, 5.41) is 0. The molecule has 3 aliphatic rings. The average molecular weight is 399 g/mol. The number of hydrogen-bond acceptors (Lipinski definition) is 6. The maximum absolute atomic E-state index is 13.8. The molecule has 7 nitrogen and oxygen atoms in total. The van der Waals surface area contributed by atoms with Crippen molar-refractivity contribution in [2.75, 3.05) is 39.6 Å². The zero-order valence-corrected chi connectivity index (χ0v) is 17.0. The number of ether oxygens (including phenoxy) is 4. The standard InChI is InChI=1S/C22H25NO6/c1-5-29-19(24)14-12-18-21(11-10-15(14)22(18,27-3)28-4)16-8-6-7-9-17(16)23(13-26-2)20(21)25/h6-12,15,18H,5,13H2,1-4H3/t15-,18-,21+/m1/s1. The second-order valence-corrected chi connectivity index (χ2v) is 7.32. The van der Waals surface area contributed by atoms with Gasteiger partial charge in [0, 0.05) is 26.9 Å². The molecule has 0 radical (unpaired) electrons. The van der Waals surface area contributed by atoms with Gasteiger partial charge < -0.3 is 18.9 Å². The highest BCUT2D eigenvalue weighted by atomic mass is 16.7. The number of amides is 1. The van der Waals surface area contributed by atoms with Crippen LogP contribution in [0.4, 0.5) is 5.69 Å². The third kappa shape index (κ3) is 2.41. The highest BCUT2D eigenvalue weighted by Gasteiger charge is 2.68. The first kappa shape index (κ1) is 19.8. The van der Waals surface area contributed by atoms with Gasteiger partial charge in [0.15, 0.2) is 5.79 Å². The minimum atomic E-state index is -1.19. The first-order valence-corrected chi connectivity index (χ1v) is 9.60. The molecule has 154 valence electrons. The number of anilines is 1. The molecule has 0 saturated heterocycles. The monoisotopic (exact) mass is 399 g/mol. The Labute approximate surface area is 169 Å². The van der Waals surface area contributed by atoms with E-state index in [0.29, 0.717) is 5.57 Å². The molecule has 2 bridgehead atoms. The number of benzene rings is 1. The molecule has 0 aromatic heterocycles. The number of carbonyl (C=O) groups is 2. The van der Waals surface area contributed by atoms with Gasteiger partial charge in [-0.05, 0) is 18.6 Å². The largest absolute Gasteiger partial charge is 0.463 e. The van der Waals surface area contributed by atoms with Crippen LogP contribution in [-0.2, 0) is 34.0 Å². The maximum Gasteiger partial charge on any atom is 0.334 e. The van der Waals surface area contributed by atoms with E-state index in [2.05, 4.69) is 0 Å². The van der Waals surface area contributed by atoms with Crippen molar-refractivity contribution >= 4 is 17.6 Å². The van der Waals surface area contributed by atoms with Crippen LogP contribution in [0.1, 0.15) is 12.5 Å². The predicted octanol–water partition coefficient (Wildman–Crippen LogP) is 2.17. The molecule has 3 atom stereocenters. The van der Waals surface area contributed by atoms with Gasteiger partial charge in [0.2, 0.25) is 5.91 Å². The summed E-state index contributed by atoms with van der Waals surface area (Å²) in [5.74, 6) is -2.77. The molecule has 1 aromatic rings. The number of para-hydroxylation sites is 1. The molecule has 7 heteroatoms. The van der Waals surface area contributed by atoms with Gasteiger partial charge in [0.05, 0.1) is 24.1 Å². The lowest BCUT2D eigenvalue weighted by atomic mass is 9.64. The third-order valence-corrected chi connectivity index (χ3v) is 6.24. The van der Waals surface area contributed by atoms with Crippen LogP contribution >= 0.6 is 0 Å². The highest BCUT2D eigenvalue weighted by molar-refractivity contribution is 6.10. The minimum Gasteiger partial charge on any atom is -0.463 e. The average Bonchev–Trinajstić information content (AvgIpc) is 3.10. The third-order valence-electron chi connectivity index (χ3n) is 6.24. The summed E-state index contributed by atoms with van der Waals surface area (Å²) in [6.07, 6.45) is 5.52. The van der Waals surface area contributed by atoms with Crippen molar-refractivity contribution in [3.63, 3.8) is 0 Å². The van der Waals surface area contributed by atoms with E-state index in [1.54, 1.807) is 25.0 Å². The Morgan fingerprint density at radius 3 is 2.55 bits per heavy atom. The summed E-state index contributed by atoms with van der Waals surface area (Å²) in [6.45, 7) is 2.15. The fourth-order valence-electron chi connectivity index (χ4n) is 5.07. The summed E-state index contributed by atoms with van der Waals surface area (Å²) in [4.78, 5) is 28.0. The molecule has 29 heavy (non-hydrogen) atoms. The Morgan fingerprint density at radius 1 is 1.17 bits per heavy atom. The number of rotatable bonds is 6. The van der Waals surface area contributed by atoms with Crippen LogP contribution in [0.5, 0.6) is 0 Å². The highest BCUT2D eigenvalue weighted by Crippen LogP contribution is 2.60. The summed E-state index contributed by atoms with van der Waals surface area (Å²) in [6, 6.07) is 7.61. The van der Waals surface area contributed by atoms with Crippen molar-refractivity contribution in [2.24, 2.45) is 11.8 Å². The van der Waals surface area contributed by atoms with Crippen LogP contribution in [0.2, 0.25) is 0 Å². The number of carbonyl (C=O) groups excluding carboxylic acids is 2. The summed E-state index contributed by atoms with van der Waals surface area (Å²) in [7, 11) is 4.63. The molecule has 1 amide bonds. The topological polar surface area (TPSA) is 74.3 Å². The van der Waals surface area contributed by atoms with E-state index in [9.17, 15) is 9.59 Å². The molecule has 1 aliphatic heterocycles. The lowest BCUT2D eigenvalue weighted by Crippen LogP contribution is -2.58. The van der Waals surface area contributed by atoms with Crippen molar-refractivity contribution in [2.45, 2.75) is 18.1 Å². The van der Waals surface area contributed by atoms with Crippen molar-refractivity contribution in [1.29, 1.82) is 0 Å². The van der Waals surface area contributed by atoms with Crippen molar-refractivity contribution in [1.82, 2.24) is 0 Å². The van der Waals surface area contributed by atoms with Crippen LogP contribution in [0.25, 0.3) is 0 Å². The fraction of sp³-hybridized carbons (Fsp3) is 0.455. The smallest absolute Gasteiger partial charge is 0.334 e. The Hall–Kier alpha value is -2.48. The number of hydrogen-bond donors (Lipinski definition) is 0. The van der Waals surface area contributed by atoms with E-state index in [0.717, 1.165) is 11.3 Å². The Kier molecular flexibility index (Phi) is 4.85. The fourth-order valence-corrected chi connectivity index (χ4v) is 5.07. The lowest BCUT2D eigenvalue weighted by Gasteiger charge is -2.46. The van der Waals surface area contributed by atoms with Gasteiger partial charge in [-0.25, -0.2) is 4.79 Å². The summed E-state index contributed by atoms with van der Waals surface area (Å²) in [5.41, 5.74) is 0.999. The molecule has 0 fully saturated rings. The van der Waals surface area contributed by atoms with Crippen LogP contribution in [0.3, 0.4) is 0 Å². The van der Waals surface area contributed by atoms with E-state index >= 15 is 0 Å². The van der Waals surface area contributed by atoms with Gasteiger partial charge in [-0.2, -0.15) is 0 Å². The SMILES string of the molecule is CCOC(=O)C1=C[C@H]2C(OC)(OC)[C@@H]1C=C[C@@]21C(=O)N(COC)c2ccccc21. The normalized spacial score (nSPS) is 28.6. The van der Waals surface area contributed by atoms with Gasteiger partial charge in [0.25, 0.3) is 0 Å². The molecule has 1 aromatic carbocycles. The predicted molar refractivity (Wildman–Crippen MR) is 105 cm³/mol. The minimum absolute atomic E-state index is 0.128. The second kappa shape index (κ2) is 7.09. The van der Waals surface area contributed by atoms with Crippen LogP contribution in [-0.4, -0.2) is 52.3 Å². The first-order valence-electron chi connectivity index (χ1n) is 9.60. The lowest BCUT2D eigenvalue weighted by molar-refractivity contribution is -0.251. The zero-order chi connectivity index (χ0) is 20.8. The molecular weight excluding hydrogens is 374 g/mol. The zero-order valence-electron chi connectivity index (χ0n) is 17.0. The molecular formula is C22H25NO6. The second-order valence-electron chi connectivity index (χ2n) is 7.32. The Balaban J connectivity index is 1.94. The van der Waals surface area contributed by atoms with E-state index in [-0.39, 0.29) is 19.2 Å². The number of methoxy groups -OCH3 is 3. The molecule has 1 heterocycles. The van der Waals surface area contributed by atoms with E-state index in [1.807, 2.05) is 36.4 Å². The number of nitrogens with zero attached hydrogens (tertiary/aromatic N) is 1. The summed E-state index contributed by atoms with van der Waals surface area (Å²) >= 11 is 0.